The molecule has 0 bridgehead atoms. The summed E-state index contributed by atoms with van der Waals surface area (Å²) in [4.78, 5) is 1.41. The Kier molecular flexibility index (Phi) is 9.09. The van der Waals surface area contributed by atoms with Crippen molar-refractivity contribution in [3.63, 3.8) is 0 Å². The Bertz CT molecular complexity index is 513. The molecule has 0 aliphatic rings. The van der Waals surface area contributed by atoms with Crippen molar-refractivity contribution in [1.29, 1.82) is 0 Å². The van der Waals surface area contributed by atoms with Crippen LogP contribution in [0.3, 0.4) is 0 Å². The third-order valence-electron chi connectivity index (χ3n) is 4.60. The van der Waals surface area contributed by atoms with E-state index in [0.717, 1.165) is 0 Å². The first-order chi connectivity index (χ1) is 11.4. The van der Waals surface area contributed by atoms with Crippen molar-refractivity contribution < 1.29 is 0 Å². The van der Waals surface area contributed by atoms with Crippen molar-refractivity contribution >= 4 is 11.3 Å². The van der Waals surface area contributed by atoms with E-state index in [1.807, 2.05) is 11.3 Å². The van der Waals surface area contributed by atoms with Crippen molar-refractivity contribution in [2.45, 2.75) is 77.6 Å². The fraction of sp³-hybridized carbons (Fsp3) is 0.545. The van der Waals surface area contributed by atoms with E-state index in [0.29, 0.717) is 0 Å². The Hall–Kier alpha value is -1.08. The van der Waals surface area contributed by atoms with Gasteiger partial charge in [-0.3, -0.25) is 0 Å². The number of rotatable bonds is 12. The van der Waals surface area contributed by atoms with Gasteiger partial charge in [0.25, 0.3) is 0 Å². The normalized spacial score (nSPS) is 11.0. The minimum Gasteiger partial charge on any atom is -0.144 e. The van der Waals surface area contributed by atoms with E-state index < -0.39 is 0 Å². The van der Waals surface area contributed by atoms with Crippen molar-refractivity contribution in [2.24, 2.45) is 0 Å². The summed E-state index contributed by atoms with van der Waals surface area (Å²) >= 11 is 1.85. The summed E-state index contributed by atoms with van der Waals surface area (Å²) in [5, 5.41) is 2.17. The second kappa shape index (κ2) is 11.5. The predicted octanol–water partition coefficient (Wildman–Crippen LogP) is 7.88. The quantitative estimate of drug-likeness (QED) is 0.348. The van der Waals surface area contributed by atoms with Crippen LogP contribution >= 0.6 is 11.3 Å². The molecule has 0 aliphatic heterocycles. The zero-order valence-corrected chi connectivity index (χ0v) is 15.5. The molecule has 0 saturated carbocycles. The average molecular weight is 329 g/mol. The third kappa shape index (κ3) is 6.91. The highest BCUT2D eigenvalue weighted by Gasteiger charge is 2.05. The Morgan fingerprint density at radius 2 is 1.35 bits per heavy atom. The summed E-state index contributed by atoms with van der Waals surface area (Å²) < 4.78 is 0. The molecule has 0 saturated heterocycles. The first kappa shape index (κ1) is 18.3. The van der Waals surface area contributed by atoms with Crippen molar-refractivity contribution in [1.82, 2.24) is 0 Å². The van der Waals surface area contributed by atoms with E-state index in [9.17, 15) is 0 Å². The van der Waals surface area contributed by atoms with E-state index >= 15 is 0 Å². The lowest BCUT2D eigenvalue weighted by Crippen LogP contribution is -1.90. The van der Waals surface area contributed by atoms with Gasteiger partial charge in [0, 0.05) is 4.88 Å². The van der Waals surface area contributed by atoms with Crippen molar-refractivity contribution in [3.8, 4) is 10.4 Å². The summed E-state index contributed by atoms with van der Waals surface area (Å²) in [7, 11) is 0. The van der Waals surface area contributed by atoms with Crippen LogP contribution in [0.1, 0.15) is 76.7 Å². The minimum absolute atomic E-state index is 1.23. The average Bonchev–Trinajstić information content (AvgIpc) is 3.11. The molecule has 2 aromatic rings. The number of aryl methyl sites for hydroxylation is 1. The lowest BCUT2D eigenvalue weighted by molar-refractivity contribution is 0.556. The molecule has 0 aliphatic carbocycles. The van der Waals surface area contributed by atoms with Gasteiger partial charge in [-0.05, 0) is 35.4 Å². The van der Waals surface area contributed by atoms with Gasteiger partial charge in [0.15, 0.2) is 0 Å². The van der Waals surface area contributed by atoms with E-state index in [-0.39, 0.29) is 0 Å². The van der Waals surface area contributed by atoms with Gasteiger partial charge in [-0.15, -0.1) is 11.3 Å². The molecule has 23 heavy (non-hydrogen) atoms. The topological polar surface area (TPSA) is 0 Å². The lowest BCUT2D eigenvalue weighted by atomic mass is 9.99. The van der Waals surface area contributed by atoms with Gasteiger partial charge in [-0.1, -0.05) is 95.0 Å². The molecule has 126 valence electrons. The summed E-state index contributed by atoms with van der Waals surface area (Å²) in [5.41, 5.74) is 2.97. The molecular formula is C22H32S. The highest BCUT2D eigenvalue weighted by molar-refractivity contribution is 7.13. The SMILES string of the molecule is CCCCCCCCCCCCc1ccccc1-c1cccs1. The smallest absolute Gasteiger partial charge is 0.0345 e. The number of thiophene rings is 1. The highest BCUT2D eigenvalue weighted by Crippen LogP contribution is 2.29. The fourth-order valence-corrected chi connectivity index (χ4v) is 4.00. The summed E-state index contributed by atoms with van der Waals surface area (Å²) in [6.45, 7) is 2.29. The van der Waals surface area contributed by atoms with Gasteiger partial charge in [0.1, 0.15) is 0 Å². The Morgan fingerprint density at radius 1 is 0.696 bits per heavy atom. The van der Waals surface area contributed by atoms with Crippen molar-refractivity contribution in [2.75, 3.05) is 0 Å². The van der Waals surface area contributed by atoms with Crippen LogP contribution in [0.25, 0.3) is 10.4 Å². The van der Waals surface area contributed by atoms with E-state index in [2.05, 4.69) is 48.7 Å². The zero-order chi connectivity index (χ0) is 16.2. The van der Waals surface area contributed by atoms with Gasteiger partial charge in [-0.25, -0.2) is 0 Å². The molecule has 0 N–H and O–H groups in total. The van der Waals surface area contributed by atoms with Gasteiger partial charge in [-0.2, -0.15) is 0 Å². The largest absolute Gasteiger partial charge is 0.144 e. The van der Waals surface area contributed by atoms with E-state index in [1.54, 1.807) is 0 Å². The molecule has 0 spiro atoms. The molecule has 2 rings (SSSR count). The molecule has 0 atom stereocenters. The molecule has 0 amide bonds. The second-order valence-electron chi connectivity index (χ2n) is 6.57. The molecular weight excluding hydrogens is 296 g/mol. The maximum atomic E-state index is 2.31. The Balaban J connectivity index is 1.60. The van der Waals surface area contributed by atoms with E-state index in [1.165, 1.54) is 86.6 Å². The van der Waals surface area contributed by atoms with Crippen LogP contribution in [-0.4, -0.2) is 0 Å². The molecule has 0 unspecified atom stereocenters. The van der Waals surface area contributed by atoms with Crippen LogP contribution in [-0.2, 0) is 6.42 Å². The van der Waals surface area contributed by atoms with Crippen LogP contribution in [0.15, 0.2) is 41.8 Å². The number of unbranched alkanes of at least 4 members (excludes halogenated alkanes) is 9. The standard InChI is InChI=1S/C22H32S/c1-2-3-4-5-6-7-8-9-10-11-15-20-16-12-13-17-21(20)22-18-14-19-23-22/h12-14,16-19H,2-11,15H2,1H3. The minimum atomic E-state index is 1.23. The lowest BCUT2D eigenvalue weighted by Gasteiger charge is -2.08. The van der Waals surface area contributed by atoms with E-state index in [4.69, 9.17) is 0 Å². The summed E-state index contributed by atoms with van der Waals surface area (Å²) in [6.07, 6.45) is 15.3. The number of hydrogen-bond acceptors (Lipinski definition) is 1. The molecule has 1 aromatic heterocycles. The number of benzene rings is 1. The third-order valence-corrected chi connectivity index (χ3v) is 5.51. The first-order valence-electron chi connectivity index (χ1n) is 9.53. The van der Waals surface area contributed by atoms with Crippen LogP contribution in [0.2, 0.25) is 0 Å². The first-order valence-corrected chi connectivity index (χ1v) is 10.4. The van der Waals surface area contributed by atoms with Crippen LogP contribution in [0, 0.1) is 0 Å². The molecule has 0 fully saturated rings. The molecule has 0 radical (unpaired) electrons. The summed E-state index contributed by atoms with van der Waals surface area (Å²) in [5.74, 6) is 0. The molecule has 1 heteroatoms. The highest BCUT2D eigenvalue weighted by atomic mass is 32.1. The molecule has 1 heterocycles. The van der Waals surface area contributed by atoms with Gasteiger partial charge in [0.2, 0.25) is 0 Å². The predicted molar refractivity (Wildman–Crippen MR) is 105 cm³/mol. The van der Waals surface area contributed by atoms with Crippen LogP contribution in [0.5, 0.6) is 0 Å². The van der Waals surface area contributed by atoms with Gasteiger partial charge in [0.05, 0.1) is 0 Å². The van der Waals surface area contributed by atoms with Gasteiger partial charge < -0.3 is 0 Å². The maximum Gasteiger partial charge on any atom is 0.0345 e. The fourth-order valence-electron chi connectivity index (χ4n) is 3.21. The number of hydrogen-bond donors (Lipinski definition) is 0. The summed E-state index contributed by atoms with van der Waals surface area (Å²) in [6, 6.07) is 13.3. The van der Waals surface area contributed by atoms with Crippen LogP contribution < -0.4 is 0 Å². The van der Waals surface area contributed by atoms with Gasteiger partial charge >= 0.3 is 0 Å². The molecule has 1 aromatic carbocycles. The van der Waals surface area contributed by atoms with Crippen molar-refractivity contribution in [3.05, 3.63) is 47.3 Å². The Labute approximate surface area is 147 Å². The zero-order valence-electron chi connectivity index (χ0n) is 14.7. The van der Waals surface area contributed by atoms with Crippen LogP contribution in [0.4, 0.5) is 0 Å². The maximum absolute atomic E-state index is 2.31. The monoisotopic (exact) mass is 328 g/mol. The second-order valence-corrected chi connectivity index (χ2v) is 7.51. The Morgan fingerprint density at radius 3 is 2.00 bits per heavy atom. The molecule has 0 nitrogen and oxygen atoms in total.